The number of aliphatic carboxylic acids is 1. The molecule has 0 aromatic rings. The summed E-state index contributed by atoms with van der Waals surface area (Å²) in [7, 11) is 0. The first-order chi connectivity index (χ1) is 30.5. The Kier molecular flexibility index (Phi) is 15.1. The van der Waals surface area contributed by atoms with Gasteiger partial charge in [-0.1, -0.05) is 43.6 Å². The lowest BCUT2D eigenvalue weighted by Crippen LogP contribution is -2.66. The van der Waals surface area contributed by atoms with Crippen LogP contribution >= 0.6 is 0 Å². The molecule has 0 aromatic carbocycles. The lowest BCUT2D eigenvalue weighted by atomic mass is 9.44. The van der Waals surface area contributed by atoms with Crippen LogP contribution in [0.5, 0.6) is 0 Å². The number of rotatable bonds is 13. The Bertz CT molecular complexity index is 1750. The third-order valence-electron chi connectivity index (χ3n) is 17.2. The molecule has 0 amide bonds. The molecule has 3 aliphatic heterocycles. The molecule has 19 heteroatoms. The Morgan fingerprint density at radius 3 is 2.02 bits per heavy atom. The second-order valence-electron chi connectivity index (χ2n) is 20.9. The molecule has 0 radical (unpaired) electrons. The van der Waals surface area contributed by atoms with Gasteiger partial charge in [0.2, 0.25) is 0 Å². The van der Waals surface area contributed by atoms with Gasteiger partial charge in [0.1, 0.15) is 67.1 Å². The van der Waals surface area contributed by atoms with Crippen molar-refractivity contribution in [2.24, 2.45) is 34.0 Å². The Hall–Kier alpha value is -1.73. The van der Waals surface area contributed by atoms with Gasteiger partial charge in [0.15, 0.2) is 18.9 Å². The van der Waals surface area contributed by atoms with Crippen LogP contribution in [0.2, 0.25) is 0 Å². The van der Waals surface area contributed by atoms with Crippen LogP contribution in [0.25, 0.3) is 0 Å². The fourth-order valence-corrected chi connectivity index (χ4v) is 13.4. The Balaban J connectivity index is 1.08. The maximum Gasteiger partial charge on any atom is 0.314 e. The molecule has 7 aliphatic rings. The van der Waals surface area contributed by atoms with E-state index in [2.05, 4.69) is 13.8 Å². The fraction of sp³-hybridized carbons (Fsp3) is 0.891. The molecule has 0 spiro atoms. The summed E-state index contributed by atoms with van der Waals surface area (Å²) in [5.74, 6) is -1.38. The van der Waals surface area contributed by atoms with Crippen LogP contribution in [-0.4, -0.2) is 191 Å². The maximum absolute atomic E-state index is 13.8. The third-order valence-corrected chi connectivity index (χ3v) is 17.2. The Labute approximate surface area is 379 Å². The van der Waals surface area contributed by atoms with Crippen LogP contribution in [0.15, 0.2) is 22.8 Å². The van der Waals surface area contributed by atoms with E-state index in [1.54, 1.807) is 6.92 Å². The zero-order chi connectivity index (χ0) is 47.7. The highest BCUT2D eigenvalue weighted by Crippen LogP contribution is 2.72. The molecule has 0 bridgehead atoms. The van der Waals surface area contributed by atoms with Gasteiger partial charge in [-0.05, 0) is 107 Å². The van der Waals surface area contributed by atoms with Crippen molar-refractivity contribution in [3.8, 4) is 0 Å². The number of carboxylic acid groups (broad SMARTS) is 1. The van der Waals surface area contributed by atoms with Gasteiger partial charge < -0.3 is 89.7 Å². The van der Waals surface area contributed by atoms with Crippen molar-refractivity contribution in [2.75, 3.05) is 19.8 Å². The van der Waals surface area contributed by atoms with E-state index in [0.29, 0.717) is 51.4 Å². The molecule has 7 rings (SSSR count). The van der Waals surface area contributed by atoms with Gasteiger partial charge in [0.05, 0.1) is 43.0 Å². The second kappa shape index (κ2) is 19.2. The predicted octanol–water partition coefficient (Wildman–Crippen LogP) is -0.649. The van der Waals surface area contributed by atoms with Crippen molar-refractivity contribution in [3.63, 3.8) is 0 Å². The minimum atomic E-state index is -1.89. The van der Waals surface area contributed by atoms with Gasteiger partial charge in [0.25, 0.3) is 0 Å². The van der Waals surface area contributed by atoms with Crippen LogP contribution in [0.4, 0.5) is 0 Å². The van der Waals surface area contributed by atoms with E-state index < -0.39 is 152 Å². The van der Waals surface area contributed by atoms with Gasteiger partial charge in [0, 0.05) is 0 Å². The van der Waals surface area contributed by atoms with Gasteiger partial charge in [-0.3, -0.25) is 4.79 Å². The highest BCUT2D eigenvalue weighted by atomic mass is 16.8. The summed E-state index contributed by atoms with van der Waals surface area (Å²) >= 11 is 0. The van der Waals surface area contributed by atoms with E-state index in [9.17, 15) is 66.1 Å². The summed E-state index contributed by atoms with van der Waals surface area (Å²) < 4.78 is 35.2. The van der Waals surface area contributed by atoms with E-state index >= 15 is 0 Å². The highest BCUT2D eigenvalue weighted by molar-refractivity contribution is 5.82. The standard InChI is InChI=1S/C46H74O19/c1-20(2)7-9-25(49)21(3)22-12-16-46(42(57)58)24-8-10-29-43(4,23(24)11-15-44(22,46)5)14-13-30(45(29,6)59)64-41-38(35(54)32(51)27(18-48)62-41)65-39-36(55)33(52)28(19-60-39)63-40-37(56)34(53)31(50)26(17-47)61-40/h7,21-22,25-41,47-56,59H,8-19H2,1-6H3,(H,57,58)/t21-,22+,25-,26?,27?,28-,29+,30-,31-,32-,33?,34?,35?,36?,37?,38?,39+,40-,41-,43+,44+,45+,46-/m0/s1. The van der Waals surface area contributed by atoms with E-state index in [4.69, 9.17) is 28.4 Å². The molecule has 2 saturated carbocycles. The van der Waals surface area contributed by atoms with Crippen LogP contribution in [-0.2, 0) is 33.2 Å². The lowest BCUT2D eigenvalue weighted by Gasteiger charge is -2.61. The molecule has 3 saturated heterocycles. The molecule has 372 valence electrons. The molecule has 19 nitrogen and oxygen atoms in total. The van der Waals surface area contributed by atoms with Gasteiger partial charge in [-0.25, -0.2) is 0 Å². The molecule has 0 aromatic heterocycles. The average Bonchev–Trinajstić information content (AvgIpc) is 3.59. The number of allylic oxidation sites excluding steroid dienone is 2. The van der Waals surface area contributed by atoms with Crippen LogP contribution in [0, 0.1) is 34.0 Å². The van der Waals surface area contributed by atoms with Crippen molar-refractivity contribution in [2.45, 2.75) is 203 Å². The molecular weight excluding hydrogens is 856 g/mol. The lowest BCUT2D eigenvalue weighted by molar-refractivity contribution is -0.380. The van der Waals surface area contributed by atoms with E-state index in [1.807, 2.05) is 26.8 Å². The van der Waals surface area contributed by atoms with Crippen molar-refractivity contribution in [1.82, 2.24) is 0 Å². The quantitative estimate of drug-likeness (QED) is 0.102. The van der Waals surface area contributed by atoms with E-state index in [-0.39, 0.29) is 18.3 Å². The number of hydrogen-bond donors (Lipinski definition) is 12. The van der Waals surface area contributed by atoms with E-state index in [0.717, 1.165) is 16.7 Å². The third kappa shape index (κ3) is 8.59. The first-order valence-corrected chi connectivity index (χ1v) is 23.4. The molecule has 12 N–H and O–H groups in total. The van der Waals surface area contributed by atoms with Crippen LogP contribution in [0.1, 0.15) is 99.3 Å². The highest BCUT2D eigenvalue weighted by Gasteiger charge is 2.69. The molecule has 5 fully saturated rings. The van der Waals surface area contributed by atoms with Gasteiger partial charge in [-0.2, -0.15) is 0 Å². The summed E-state index contributed by atoms with van der Waals surface area (Å²) in [5, 5.41) is 130. The molecule has 3 heterocycles. The SMILES string of the molecule is CC(C)=CC[C@H](O)[C@@H](C)[C@H]1CC[C@@]2(C(=O)O)C3=C(CC[C@]12C)[C@@]1(C)CC[C@H](O[C@@H]2OC(CO)[C@H](O)C(O)C2O[C@H]2OC[C@H](O[C@@H]4OC(CO)[C@H](O)C(O)C4O)C(O)C2O)[C@](C)(O)[C@@H]1CC3. The average molecular weight is 931 g/mol. The summed E-state index contributed by atoms with van der Waals surface area (Å²) in [6.07, 6.45) is -17.9. The molecule has 23 atom stereocenters. The van der Waals surface area contributed by atoms with Gasteiger partial charge in [-0.15, -0.1) is 0 Å². The van der Waals surface area contributed by atoms with Crippen molar-refractivity contribution in [1.29, 1.82) is 0 Å². The number of aliphatic hydroxyl groups excluding tert-OH is 10. The minimum absolute atomic E-state index is 0.0112. The normalized spacial score (nSPS) is 49.9. The number of fused-ring (bicyclic) bond motifs is 4. The van der Waals surface area contributed by atoms with E-state index in [1.165, 1.54) is 0 Å². The Morgan fingerprint density at radius 1 is 0.754 bits per heavy atom. The number of ether oxygens (including phenoxy) is 6. The van der Waals surface area contributed by atoms with Crippen molar-refractivity contribution in [3.05, 3.63) is 22.8 Å². The summed E-state index contributed by atoms with van der Waals surface area (Å²) in [4.78, 5) is 13.8. The first kappa shape index (κ1) is 51.1. The Morgan fingerprint density at radius 2 is 1.38 bits per heavy atom. The molecule has 4 aliphatic carbocycles. The summed E-state index contributed by atoms with van der Waals surface area (Å²) in [6.45, 7) is 9.95. The minimum Gasteiger partial charge on any atom is -0.481 e. The molecule has 65 heavy (non-hydrogen) atoms. The van der Waals surface area contributed by atoms with Crippen molar-refractivity contribution < 1.29 is 94.5 Å². The number of carbonyl (C=O) groups is 1. The monoisotopic (exact) mass is 930 g/mol. The number of hydrogen-bond acceptors (Lipinski definition) is 18. The smallest absolute Gasteiger partial charge is 0.314 e. The molecule has 8 unspecified atom stereocenters. The molecular formula is C46H74O19. The second-order valence-corrected chi connectivity index (χ2v) is 20.9. The number of carboxylic acids is 1. The van der Waals surface area contributed by atoms with Crippen LogP contribution in [0.3, 0.4) is 0 Å². The van der Waals surface area contributed by atoms with Gasteiger partial charge >= 0.3 is 5.97 Å². The van der Waals surface area contributed by atoms with Crippen LogP contribution < -0.4 is 0 Å². The predicted molar refractivity (Wildman–Crippen MR) is 225 cm³/mol. The topological polar surface area (TPSA) is 315 Å². The number of aliphatic hydroxyl groups is 11. The van der Waals surface area contributed by atoms with Crippen molar-refractivity contribution >= 4 is 5.97 Å². The first-order valence-electron chi connectivity index (χ1n) is 23.4. The summed E-state index contributed by atoms with van der Waals surface area (Å²) in [5.41, 5.74) is -0.752. The largest absolute Gasteiger partial charge is 0.481 e. The fourth-order valence-electron chi connectivity index (χ4n) is 13.4. The maximum atomic E-state index is 13.8. The summed E-state index contributed by atoms with van der Waals surface area (Å²) in [6, 6.07) is 0. The zero-order valence-electron chi connectivity index (χ0n) is 38.3. The zero-order valence-corrected chi connectivity index (χ0v) is 38.3.